The molecule has 3 heterocycles. The molecule has 0 N–H and O–H groups in total. The van der Waals surface area contributed by atoms with Gasteiger partial charge in [-0.25, -0.2) is 0 Å². The lowest BCUT2D eigenvalue weighted by atomic mass is 9.69. The molecule has 4 atom stereocenters. The summed E-state index contributed by atoms with van der Waals surface area (Å²) in [5.41, 5.74) is 1.09. The maximum Gasteiger partial charge on any atom is 0.188 e. The summed E-state index contributed by atoms with van der Waals surface area (Å²) in [5.74, 6) is -0.678. The average Bonchev–Trinajstić information content (AvgIpc) is 3.19. The van der Waals surface area contributed by atoms with Crippen molar-refractivity contribution >= 4 is 21.7 Å². The van der Waals surface area contributed by atoms with Gasteiger partial charge in [-0.1, -0.05) is 46.3 Å². The number of fused-ring (bicyclic) bond motifs is 3. The second kappa shape index (κ2) is 7.47. The second-order valence-corrected chi connectivity index (χ2v) is 9.44. The third kappa shape index (κ3) is 3.27. The zero-order valence-electron chi connectivity index (χ0n) is 16.0. The Morgan fingerprint density at radius 2 is 1.75 bits per heavy atom. The molecule has 5 nitrogen and oxygen atoms in total. The van der Waals surface area contributed by atoms with Gasteiger partial charge in [0.25, 0.3) is 0 Å². The first kappa shape index (κ1) is 19.2. The van der Waals surface area contributed by atoms with Gasteiger partial charge in [0, 0.05) is 25.2 Å². The summed E-state index contributed by atoms with van der Waals surface area (Å²) in [7, 11) is 0. The molecule has 6 rings (SSSR count). The van der Waals surface area contributed by atoms with Crippen molar-refractivity contribution < 1.29 is 23.7 Å². The van der Waals surface area contributed by atoms with Crippen molar-refractivity contribution in [3.63, 3.8) is 0 Å². The Labute approximate surface area is 174 Å². The van der Waals surface area contributed by atoms with Crippen molar-refractivity contribution in [2.45, 2.75) is 67.6 Å². The van der Waals surface area contributed by atoms with E-state index in [0.717, 1.165) is 44.1 Å². The standard InChI is InChI=1S/C22H27BrO5/c23-20-18(24)17-8-11-22(20,27-14-15-4-2-1-3-5-15)28-19(17)16-6-9-21(10-7-16)25-12-13-26-21/h1-5,16-17,19-20H,6-14H2. The van der Waals surface area contributed by atoms with E-state index in [1.54, 1.807) is 0 Å². The fourth-order valence-corrected chi connectivity index (χ4v) is 6.17. The Balaban J connectivity index is 1.30. The van der Waals surface area contributed by atoms with E-state index in [2.05, 4.69) is 15.9 Å². The lowest BCUT2D eigenvalue weighted by Crippen LogP contribution is -2.65. The Kier molecular flexibility index (Phi) is 5.12. The fraction of sp³-hybridized carbons (Fsp3) is 0.682. The molecule has 152 valence electrons. The third-order valence-corrected chi connectivity index (χ3v) is 8.08. The highest BCUT2D eigenvalue weighted by atomic mass is 79.9. The molecule has 5 fully saturated rings. The lowest BCUT2D eigenvalue weighted by molar-refractivity contribution is -0.317. The Bertz CT molecular complexity index is 709. The number of hydrogen-bond acceptors (Lipinski definition) is 5. The molecule has 1 aromatic carbocycles. The predicted molar refractivity (Wildman–Crippen MR) is 106 cm³/mol. The molecule has 2 bridgehead atoms. The zero-order valence-corrected chi connectivity index (χ0v) is 17.6. The predicted octanol–water partition coefficient (Wildman–Crippen LogP) is 3.97. The molecule has 3 aliphatic heterocycles. The molecule has 1 spiro atoms. The molecule has 0 radical (unpaired) electrons. The number of benzene rings is 1. The van der Waals surface area contributed by atoms with Crippen molar-refractivity contribution in [2.75, 3.05) is 13.2 Å². The number of hydrogen-bond donors (Lipinski definition) is 0. The van der Waals surface area contributed by atoms with Gasteiger partial charge in [-0.3, -0.25) is 4.79 Å². The number of halogens is 1. The topological polar surface area (TPSA) is 54.0 Å². The van der Waals surface area contributed by atoms with Gasteiger partial charge in [-0.2, -0.15) is 0 Å². The average molecular weight is 451 g/mol. The molecule has 0 aromatic heterocycles. The summed E-state index contributed by atoms with van der Waals surface area (Å²) in [6.07, 6.45) is 5.24. The third-order valence-electron chi connectivity index (χ3n) is 6.93. The summed E-state index contributed by atoms with van der Waals surface area (Å²) in [6.45, 7) is 1.82. The zero-order chi connectivity index (χ0) is 19.2. The van der Waals surface area contributed by atoms with Crippen LogP contribution in [-0.2, 0) is 30.3 Å². The van der Waals surface area contributed by atoms with E-state index < -0.39 is 10.6 Å². The number of carbonyl (C=O) groups is 1. The van der Waals surface area contributed by atoms with Gasteiger partial charge in [0.15, 0.2) is 17.4 Å². The summed E-state index contributed by atoms with van der Waals surface area (Å²) in [6, 6.07) is 10.1. The van der Waals surface area contributed by atoms with Crippen LogP contribution in [-0.4, -0.2) is 41.5 Å². The SMILES string of the molecule is O=C1C2CCC(OCc3ccccc3)(OC2C2CCC3(CC2)OCCO3)C1Br. The van der Waals surface area contributed by atoms with Crippen LogP contribution in [0.1, 0.15) is 44.1 Å². The van der Waals surface area contributed by atoms with E-state index in [1.807, 2.05) is 30.3 Å². The number of Topliss-reactive ketones (excluding diaryl/α,β-unsaturated/α-hetero) is 1. The van der Waals surface area contributed by atoms with Gasteiger partial charge >= 0.3 is 0 Å². The van der Waals surface area contributed by atoms with Gasteiger partial charge in [-0.05, 0) is 30.7 Å². The van der Waals surface area contributed by atoms with E-state index in [-0.39, 0.29) is 23.6 Å². The van der Waals surface area contributed by atoms with Gasteiger partial charge in [0.05, 0.1) is 25.9 Å². The Morgan fingerprint density at radius 1 is 1.04 bits per heavy atom. The maximum absolute atomic E-state index is 13.0. The molecule has 0 amide bonds. The first-order valence-electron chi connectivity index (χ1n) is 10.4. The van der Waals surface area contributed by atoms with Crippen LogP contribution in [0.25, 0.3) is 0 Å². The first-order valence-corrected chi connectivity index (χ1v) is 11.3. The van der Waals surface area contributed by atoms with Crippen molar-refractivity contribution in [2.24, 2.45) is 11.8 Å². The van der Waals surface area contributed by atoms with Crippen LogP contribution in [0.15, 0.2) is 30.3 Å². The minimum absolute atomic E-state index is 0.0314. The number of rotatable bonds is 4. The maximum atomic E-state index is 13.0. The van der Waals surface area contributed by atoms with E-state index in [4.69, 9.17) is 18.9 Å². The van der Waals surface area contributed by atoms with Crippen molar-refractivity contribution in [3.8, 4) is 0 Å². The van der Waals surface area contributed by atoms with E-state index in [9.17, 15) is 4.79 Å². The van der Waals surface area contributed by atoms with Gasteiger partial charge in [-0.15, -0.1) is 0 Å². The van der Waals surface area contributed by atoms with Crippen molar-refractivity contribution in [3.05, 3.63) is 35.9 Å². The van der Waals surface area contributed by atoms with Gasteiger partial charge in [0.2, 0.25) is 0 Å². The van der Waals surface area contributed by atoms with Gasteiger partial charge < -0.3 is 18.9 Å². The largest absolute Gasteiger partial charge is 0.348 e. The monoisotopic (exact) mass is 450 g/mol. The first-order chi connectivity index (χ1) is 13.6. The highest BCUT2D eigenvalue weighted by molar-refractivity contribution is 9.10. The molecule has 4 unspecified atom stereocenters. The summed E-state index contributed by atoms with van der Waals surface area (Å²) >= 11 is 3.60. The van der Waals surface area contributed by atoms with E-state index >= 15 is 0 Å². The molecule has 3 saturated heterocycles. The van der Waals surface area contributed by atoms with Crippen LogP contribution in [0, 0.1) is 11.8 Å². The van der Waals surface area contributed by atoms with Crippen LogP contribution in [0.4, 0.5) is 0 Å². The minimum atomic E-state index is -0.859. The Morgan fingerprint density at radius 3 is 2.46 bits per heavy atom. The molecular weight excluding hydrogens is 424 g/mol. The van der Waals surface area contributed by atoms with E-state index in [0.29, 0.717) is 25.7 Å². The molecule has 2 saturated carbocycles. The van der Waals surface area contributed by atoms with Crippen LogP contribution in [0.3, 0.4) is 0 Å². The summed E-state index contributed by atoms with van der Waals surface area (Å²) < 4.78 is 24.6. The van der Waals surface area contributed by atoms with Crippen LogP contribution in [0.5, 0.6) is 0 Å². The highest BCUT2D eigenvalue weighted by Gasteiger charge is 2.60. The smallest absolute Gasteiger partial charge is 0.188 e. The fourth-order valence-electron chi connectivity index (χ4n) is 5.37. The molecule has 5 aliphatic rings. The quantitative estimate of drug-likeness (QED) is 0.649. The molecule has 6 heteroatoms. The van der Waals surface area contributed by atoms with Crippen LogP contribution in [0.2, 0.25) is 0 Å². The second-order valence-electron chi connectivity index (χ2n) is 8.52. The minimum Gasteiger partial charge on any atom is -0.348 e. The van der Waals surface area contributed by atoms with Crippen molar-refractivity contribution in [1.82, 2.24) is 0 Å². The Hall–Kier alpha value is -0.790. The van der Waals surface area contributed by atoms with Crippen LogP contribution >= 0.6 is 15.9 Å². The van der Waals surface area contributed by atoms with Gasteiger partial charge in [0.1, 0.15) is 4.83 Å². The van der Waals surface area contributed by atoms with Crippen molar-refractivity contribution in [1.29, 1.82) is 0 Å². The number of ketones is 1. The molecular formula is C22H27BrO5. The molecule has 2 aliphatic carbocycles. The van der Waals surface area contributed by atoms with E-state index in [1.165, 1.54) is 0 Å². The number of carbonyl (C=O) groups excluding carboxylic acids is 1. The number of alkyl halides is 1. The lowest BCUT2D eigenvalue weighted by Gasteiger charge is -2.54. The normalized spacial score (nSPS) is 37.6. The van der Waals surface area contributed by atoms with Crippen LogP contribution < -0.4 is 0 Å². The number of ether oxygens (including phenoxy) is 4. The summed E-state index contributed by atoms with van der Waals surface area (Å²) in [4.78, 5) is 12.7. The summed E-state index contributed by atoms with van der Waals surface area (Å²) in [5, 5.41) is 0. The highest BCUT2D eigenvalue weighted by Crippen LogP contribution is 2.51. The molecule has 1 aromatic rings. The molecule has 28 heavy (non-hydrogen) atoms.